The second kappa shape index (κ2) is 5.92. The number of carboxylic acids is 2. The zero-order chi connectivity index (χ0) is 15.4. The fourth-order valence-electron chi connectivity index (χ4n) is 2.02. The summed E-state index contributed by atoms with van der Waals surface area (Å²) in [5, 5.41) is 37.8. The Labute approximate surface area is 114 Å². The molecule has 0 aromatic heterocycles. The lowest BCUT2D eigenvalue weighted by atomic mass is 9.90. The molecule has 4 N–H and O–H groups in total. The van der Waals surface area contributed by atoms with E-state index >= 15 is 0 Å². The number of hydrogen-bond donors (Lipinski definition) is 4. The largest absolute Gasteiger partial charge is 0.504 e. The highest BCUT2D eigenvalue weighted by Gasteiger charge is 2.29. The van der Waals surface area contributed by atoms with Crippen molar-refractivity contribution in [1.82, 2.24) is 0 Å². The average Bonchev–Trinajstić information content (AvgIpc) is 2.35. The summed E-state index contributed by atoms with van der Waals surface area (Å²) in [6, 6.07) is 0. The molecule has 0 amide bonds. The number of rotatable bonds is 6. The zero-order valence-electron chi connectivity index (χ0n) is 10.6. The van der Waals surface area contributed by atoms with E-state index in [1.807, 2.05) is 0 Å². The normalized spacial score (nSPS) is 10.0. The van der Waals surface area contributed by atoms with Gasteiger partial charge in [0.1, 0.15) is 11.1 Å². The van der Waals surface area contributed by atoms with Crippen molar-refractivity contribution in [3.63, 3.8) is 0 Å². The molecule has 0 radical (unpaired) electrons. The van der Waals surface area contributed by atoms with Gasteiger partial charge in [0.05, 0.1) is 0 Å². The molecule has 6 nitrogen and oxygen atoms in total. The van der Waals surface area contributed by atoms with Crippen molar-refractivity contribution >= 4 is 11.9 Å². The van der Waals surface area contributed by atoms with E-state index in [1.165, 1.54) is 12.2 Å². The van der Waals surface area contributed by atoms with Crippen LogP contribution < -0.4 is 0 Å². The van der Waals surface area contributed by atoms with Gasteiger partial charge in [0.2, 0.25) is 0 Å². The number of aromatic hydroxyl groups is 2. The van der Waals surface area contributed by atoms with Crippen LogP contribution in [0, 0.1) is 0 Å². The van der Waals surface area contributed by atoms with Crippen molar-refractivity contribution in [2.75, 3.05) is 0 Å². The van der Waals surface area contributed by atoms with E-state index < -0.39 is 34.6 Å². The Balaban J connectivity index is 3.90. The summed E-state index contributed by atoms with van der Waals surface area (Å²) in [6.45, 7) is 6.95. The molecular formula is C14H14O6. The maximum atomic E-state index is 11.2. The summed E-state index contributed by atoms with van der Waals surface area (Å²) < 4.78 is 0. The van der Waals surface area contributed by atoms with E-state index in [4.69, 9.17) is 10.2 Å². The fraction of sp³-hybridized carbons (Fsp3) is 0.143. The van der Waals surface area contributed by atoms with Gasteiger partial charge in [-0.05, 0) is 24.0 Å². The van der Waals surface area contributed by atoms with E-state index in [1.54, 1.807) is 0 Å². The van der Waals surface area contributed by atoms with Gasteiger partial charge in [0.15, 0.2) is 11.5 Å². The lowest BCUT2D eigenvalue weighted by molar-refractivity contribution is 0.0672. The second-order valence-corrected chi connectivity index (χ2v) is 4.00. The van der Waals surface area contributed by atoms with Crippen LogP contribution in [0.15, 0.2) is 25.3 Å². The molecule has 0 saturated carbocycles. The molecule has 106 valence electrons. The van der Waals surface area contributed by atoms with Crippen LogP contribution in [0.2, 0.25) is 0 Å². The molecule has 1 rings (SSSR count). The van der Waals surface area contributed by atoms with Gasteiger partial charge in [-0.3, -0.25) is 0 Å². The topological polar surface area (TPSA) is 115 Å². The minimum Gasteiger partial charge on any atom is -0.504 e. The number of phenols is 2. The van der Waals surface area contributed by atoms with Gasteiger partial charge < -0.3 is 20.4 Å². The van der Waals surface area contributed by atoms with E-state index in [0.29, 0.717) is 0 Å². The Hall–Kier alpha value is -2.76. The summed E-state index contributed by atoms with van der Waals surface area (Å²) >= 11 is 0. The molecule has 0 aliphatic heterocycles. The highest BCUT2D eigenvalue weighted by Crippen LogP contribution is 2.39. The van der Waals surface area contributed by atoms with Crippen LogP contribution >= 0.6 is 0 Å². The van der Waals surface area contributed by atoms with Gasteiger partial charge in [-0.25, -0.2) is 9.59 Å². The van der Waals surface area contributed by atoms with Crippen LogP contribution in [0.4, 0.5) is 0 Å². The monoisotopic (exact) mass is 278 g/mol. The Morgan fingerprint density at radius 2 is 1.15 bits per heavy atom. The third-order valence-electron chi connectivity index (χ3n) is 2.79. The molecular weight excluding hydrogens is 264 g/mol. The molecule has 0 atom stereocenters. The van der Waals surface area contributed by atoms with Gasteiger partial charge in [0.25, 0.3) is 0 Å². The molecule has 20 heavy (non-hydrogen) atoms. The van der Waals surface area contributed by atoms with Crippen LogP contribution in [0.1, 0.15) is 31.8 Å². The standard InChI is InChI=1S/C14H14O6/c1-3-5-7-8(6-4-2)10(14(19)20)12(16)11(15)9(7)13(17)18/h3-4,15-16H,1-2,5-6H2,(H,17,18)(H,19,20). The lowest BCUT2D eigenvalue weighted by Gasteiger charge is -2.16. The molecule has 0 fully saturated rings. The minimum atomic E-state index is -1.46. The summed E-state index contributed by atoms with van der Waals surface area (Å²) in [6.07, 6.45) is 2.85. The Morgan fingerprint density at radius 1 is 0.850 bits per heavy atom. The summed E-state index contributed by atoms with van der Waals surface area (Å²) in [5.41, 5.74) is -0.853. The Morgan fingerprint density at radius 3 is 1.35 bits per heavy atom. The first-order chi connectivity index (χ1) is 9.36. The number of carboxylic acid groups (broad SMARTS) is 2. The maximum Gasteiger partial charge on any atom is 0.339 e. The molecule has 0 bridgehead atoms. The molecule has 0 aliphatic rings. The molecule has 0 saturated heterocycles. The number of carbonyl (C=O) groups is 2. The van der Waals surface area contributed by atoms with Gasteiger partial charge in [-0.2, -0.15) is 0 Å². The van der Waals surface area contributed by atoms with E-state index in [2.05, 4.69) is 13.2 Å². The highest BCUT2D eigenvalue weighted by atomic mass is 16.4. The number of aromatic carboxylic acids is 2. The van der Waals surface area contributed by atoms with Crippen LogP contribution in [0.3, 0.4) is 0 Å². The van der Waals surface area contributed by atoms with E-state index in [0.717, 1.165) is 0 Å². The van der Waals surface area contributed by atoms with Crippen molar-refractivity contribution in [2.45, 2.75) is 12.8 Å². The van der Waals surface area contributed by atoms with Crippen molar-refractivity contribution in [3.8, 4) is 11.5 Å². The Kier molecular flexibility index (Phi) is 4.53. The van der Waals surface area contributed by atoms with E-state index in [9.17, 15) is 19.8 Å². The Bertz CT molecular complexity index is 547. The summed E-state index contributed by atoms with van der Waals surface area (Å²) in [4.78, 5) is 22.5. The van der Waals surface area contributed by atoms with Crippen LogP contribution in [0.25, 0.3) is 0 Å². The van der Waals surface area contributed by atoms with Crippen LogP contribution in [-0.4, -0.2) is 32.4 Å². The average molecular weight is 278 g/mol. The maximum absolute atomic E-state index is 11.2. The van der Waals surface area contributed by atoms with Gasteiger partial charge in [-0.15, -0.1) is 13.2 Å². The summed E-state index contributed by atoms with van der Waals surface area (Å²) in [7, 11) is 0. The SMILES string of the molecule is C=CCc1c(CC=C)c(C(=O)O)c(O)c(O)c1C(=O)O. The fourth-order valence-corrected chi connectivity index (χ4v) is 2.02. The molecule has 1 aromatic carbocycles. The first-order valence-electron chi connectivity index (χ1n) is 5.64. The smallest absolute Gasteiger partial charge is 0.339 e. The quantitative estimate of drug-likeness (QED) is 0.467. The number of benzene rings is 1. The van der Waals surface area contributed by atoms with Crippen LogP contribution in [0.5, 0.6) is 11.5 Å². The van der Waals surface area contributed by atoms with Gasteiger partial charge in [-0.1, -0.05) is 12.2 Å². The molecule has 0 unspecified atom stereocenters. The van der Waals surface area contributed by atoms with Gasteiger partial charge >= 0.3 is 11.9 Å². The molecule has 0 heterocycles. The van der Waals surface area contributed by atoms with Crippen molar-refractivity contribution in [2.24, 2.45) is 0 Å². The third kappa shape index (κ3) is 2.49. The van der Waals surface area contributed by atoms with Crippen molar-refractivity contribution in [1.29, 1.82) is 0 Å². The lowest BCUT2D eigenvalue weighted by Crippen LogP contribution is -2.12. The third-order valence-corrected chi connectivity index (χ3v) is 2.79. The molecule has 0 spiro atoms. The molecule has 0 aliphatic carbocycles. The summed E-state index contributed by atoms with van der Waals surface area (Å²) in [5.74, 6) is -4.84. The second-order valence-electron chi connectivity index (χ2n) is 4.00. The van der Waals surface area contributed by atoms with Gasteiger partial charge in [0, 0.05) is 0 Å². The number of allylic oxidation sites excluding steroid dienone is 2. The molecule has 1 aromatic rings. The highest BCUT2D eigenvalue weighted by molar-refractivity contribution is 6.01. The van der Waals surface area contributed by atoms with Crippen LogP contribution in [-0.2, 0) is 12.8 Å². The van der Waals surface area contributed by atoms with E-state index in [-0.39, 0.29) is 24.0 Å². The van der Waals surface area contributed by atoms with Crippen molar-refractivity contribution < 1.29 is 30.0 Å². The predicted molar refractivity (Wildman–Crippen MR) is 71.5 cm³/mol. The first-order valence-corrected chi connectivity index (χ1v) is 5.64. The first kappa shape index (κ1) is 15.3. The minimum absolute atomic E-state index is 0.0406. The molecule has 6 heteroatoms. The number of hydrogen-bond acceptors (Lipinski definition) is 4. The zero-order valence-corrected chi connectivity index (χ0v) is 10.6. The predicted octanol–water partition coefficient (Wildman–Crippen LogP) is 1.95. The van der Waals surface area contributed by atoms with Crippen molar-refractivity contribution in [3.05, 3.63) is 47.6 Å².